The molecule has 7 N–H and O–H groups in total. The maximum absolute atomic E-state index is 10.4. The molecule has 0 bridgehead atoms. The molecule has 0 saturated carbocycles. The molecule has 1 unspecified atom stereocenters. The van der Waals surface area contributed by atoms with E-state index in [1.54, 1.807) is 4.57 Å². The van der Waals surface area contributed by atoms with E-state index in [-0.39, 0.29) is 6.61 Å². The Morgan fingerprint density at radius 1 is 1.32 bits per heavy atom. The van der Waals surface area contributed by atoms with Gasteiger partial charge in [0, 0.05) is 13.0 Å². The highest BCUT2D eigenvalue weighted by molar-refractivity contribution is 5.73. The number of ether oxygens (including phenoxy) is 1. The van der Waals surface area contributed by atoms with E-state index in [9.17, 15) is 15.0 Å². The Bertz CT molecular complexity index is 889. The number of nitrogens with zero attached hydrogens (tertiary/aromatic N) is 3. The highest BCUT2D eigenvalue weighted by atomic mass is 16.5. The summed E-state index contributed by atoms with van der Waals surface area (Å²) in [5.74, 6) is -0.452. The van der Waals surface area contributed by atoms with Crippen LogP contribution in [0.1, 0.15) is 30.0 Å². The van der Waals surface area contributed by atoms with Crippen molar-refractivity contribution in [2.24, 2.45) is 10.7 Å². The number of nitrogens with two attached hydrogens (primary N) is 1. The van der Waals surface area contributed by atoms with Crippen LogP contribution >= 0.6 is 0 Å². The lowest BCUT2D eigenvalue weighted by molar-refractivity contribution is -0.138. The molecule has 1 fully saturated rings. The number of β-amino-alcohol motifs (C(OH)–C–C–N with tert-alkyl or cyclic N) is 1. The molecule has 4 rings (SSSR count). The summed E-state index contributed by atoms with van der Waals surface area (Å²) in [5, 5.41) is 40.1. The van der Waals surface area contributed by atoms with Crippen molar-refractivity contribution in [3.05, 3.63) is 47.9 Å². The summed E-state index contributed by atoms with van der Waals surface area (Å²) in [7, 11) is 0. The third-order valence-corrected chi connectivity index (χ3v) is 5.01. The molecule has 1 saturated heterocycles. The van der Waals surface area contributed by atoms with Crippen LogP contribution in [0.3, 0.4) is 0 Å². The zero-order valence-corrected chi connectivity index (χ0v) is 16.8. The number of carboxylic acid groups (broad SMARTS) is 1. The molecule has 2 aliphatic rings. The summed E-state index contributed by atoms with van der Waals surface area (Å²) in [4.78, 5) is 18.7. The number of nitrogens with one attached hydrogen (secondary N) is 1. The minimum absolute atomic E-state index is 0.234. The van der Waals surface area contributed by atoms with Crippen LogP contribution in [-0.4, -0.2) is 73.7 Å². The molecule has 0 spiro atoms. The molecule has 2 aliphatic heterocycles. The number of aliphatic carboxylic acids is 1. The molecule has 0 aliphatic carbocycles. The number of aliphatic hydroxyl groups is 3. The lowest BCUT2D eigenvalue weighted by Crippen LogP contribution is -2.32. The summed E-state index contributed by atoms with van der Waals surface area (Å²) in [5.41, 5.74) is 6.78. The van der Waals surface area contributed by atoms with E-state index >= 15 is 0 Å². The molecule has 1 aromatic carbocycles. The first kappa shape index (κ1) is 22.8. The van der Waals surface area contributed by atoms with Crippen LogP contribution < -0.4 is 11.1 Å². The monoisotopic (exact) mass is 433 g/mol. The van der Waals surface area contributed by atoms with Gasteiger partial charge in [0.25, 0.3) is 0 Å². The van der Waals surface area contributed by atoms with E-state index < -0.39 is 36.6 Å². The van der Waals surface area contributed by atoms with E-state index in [4.69, 9.17) is 20.7 Å². The van der Waals surface area contributed by atoms with Gasteiger partial charge in [-0.15, -0.1) is 0 Å². The average Bonchev–Trinajstić information content (AvgIpc) is 3.30. The summed E-state index contributed by atoms with van der Waals surface area (Å²) >= 11 is 0. The van der Waals surface area contributed by atoms with Crippen LogP contribution in [0.5, 0.6) is 0 Å². The van der Waals surface area contributed by atoms with Crippen molar-refractivity contribution in [1.29, 1.82) is 0 Å². The van der Waals surface area contributed by atoms with Crippen LogP contribution in [0.4, 0.5) is 5.82 Å². The first-order chi connectivity index (χ1) is 14.9. The largest absolute Gasteiger partial charge is 0.480 e. The number of hydrogen-bond donors (Lipinski definition) is 6. The van der Waals surface area contributed by atoms with E-state index in [0.29, 0.717) is 30.9 Å². The maximum Gasteiger partial charge on any atom is 0.320 e. The van der Waals surface area contributed by atoms with E-state index in [2.05, 4.69) is 15.3 Å². The van der Waals surface area contributed by atoms with Crippen LogP contribution in [0.2, 0.25) is 0 Å². The Balaban J connectivity index is 0.000000196. The van der Waals surface area contributed by atoms with Crippen molar-refractivity contribution in [1.82, 2.24) is 14.9 Å². The molecule has 0 amide bonds. The highest BCUT2D eigenvalue weighted by Gasteiger charge is 2.36. The Morgan fingerprint density at radius 2 is 2.06 bits per heavy atom. The normalized spacial score (nSPS) is 25.5. The molecular weight excluding hydrogens is 406 g/mol. The molecule has 11 nitrogen and oxygen atoms in total. The van der Waals surface area contributed by atoms with Crippen LogP contribution in [0.15, 0.2) is 41.7 Å². The predicted molar refractivity (Wildman–Crippen MR) is 111 cm³/mol. The minimum atomic E-state index is -0.959. The molecule has 2 aromatic rings. The number of aliphatic imine (C=N–C) groups is 1. The fraction of sp³-hybridized carbons (Fsp3) is 0.450. The van der Waals surface area contributed by atoms with Gasteiger partial charge in [0.2, 0.25) is 0 Å². The topological polar surface area (TPSA) is 175 Å². The van der Waals surface area contributed by atoms with Crippen molar-refractivity contribution in [3.63, 3.8) is 0 Å². The quantitative estimate of drug-likeness (QED) is 0.362. The zero-order valence-electron chi connectivity index (χ0n) is 16.8. The number of benzene rings is 1. The molecule has 5 atom stereocenters. The predicted octanol–water partition coefficient (Wildman–Crippen LogP) is -0.539. The third kappa shape index (κ3) is 5.66. The third-order valence-electron chi connectivity index (χ3n) is 5.01. The minimum Gasteiger partial charge on any atom is -0.480 e. The van der Waals surface area contributed by atoms with Gasteiger partial charge >= 0.3 is 5.97 Å². The van der Waals surface area contributed by atoms with Crippen LogP contribution in [0.25, 0.3) is 0 Å². The van der Waals surface area contributed by atoms with E-state index in [1.165, 1.54) is 12.7 Å². The molecule has 1 aromatic heterocycles. The number of imidazole rings is 1. The number of hydrogen-bond acceptors (Lipinski definition) is 9. The molecule has 31 heavy (non-hydrogen) atoms. The first-order valence-corrected chi connectivity index (χ1v) is 9.88. The summed E-state index contributed by atoms with van der Waals surface area (Å²) in [6, 6.07) is 8.54. The number of carbonyl (C=O) groups is 1. The highest BCUT2D eigenvalue weighted by Crippen LogP contribution is 2.35. The van der Waals surface area contributed by atoms with Crippen molar-refractivity contribution in [2.45, 2.75) is 43.4 Å². The summed E-state index contributed by atoms with van der Waals surface area (Å²) in [6.07, 6.45) is 1.29. The molecule has 3 heterocycles. The Hall–Kier alpha value is -2.83. The number of carboxylic acids is 1. The van der Waals surface area contributed by atoms with Crippen molar-refractivity contribution >= 4 is 18.1 Å². The second-order valence-electron chi connectivity index (χ2n) is 7.29. The summed E-state index contributed by atoms with van der Waals surface area (Å²) in [6.45, 7) is 0.114. The fourth-order valence-corrected chi connectivity index (χ4v) is 3.32. The van der Waals surface area contributed by atoms with Gasteiger partial charge in [-0.05, 0) is 12.0 Å². The van der Waals surface area contributed by atoms with Crippen LogP contribution in [0, 0.1) is 0 Å². The average molecular weight is 433 g/mol. The number of fused-ring (bicyclic) bond motifs is 1. The molecular formula is C20H27N5O6. The van der Waals surface area contributed by atoms with Crippen molar-refractivity contribution < 1.29 is 30.0 Å². The maximum atomic E-state index is 10.4. The standard InChI is InChI=1S/C11H16N4O4.C9H11NO2/c16-3-8-6(17)1-9(19-8)15-5-14-10-7(18)2-12-4-13-11(10)15;10-8(9(11)12)6-7-4-2-1-3-5-7/h4-9,16-18H,1-3H2,(H,12,13);1-5,8H,6,10H2,(H,11,12)/t6-,7+,8+,9+;/m0./s1. The second-order valence-corrected chi connectivity index (χ2v) is 7.29. The van der Waals surface area contributed by atoms with Crippen molar-refractivity contribution in [2.75, 3.05) is 13.2 Å². The smallest absolute Gasteiger partial charge is 0.320 e. The Kier molecular flexibility index (Phi) is 7.71. The van der Waals surface area contributed by atoms with Gasteiger partial charge in [-0.3, -0.25) is 9.36 Å². The second kappa shape index (κ2) is 10.5. The number of aromatic nitrogens is 2. The zero-order chi connectivity index (χ0) is 22.4. The Morgan fingerprint density at radius 3 is 2.71 bits per heavy atom. The van der Waals surface area contributed by atoms with Crippen molar-refractivity contribution in [3.8, 4) is 0 Å². The molecule has 11 heteroatoms. The SMILES string of the molecule is NC(Cc1ccccc1)C(=O)O.OC[C@H]1O[C@@H](n2cnc3c2N=CNC[C@H]3O)C[C@@H]1O. The van der Waals surface area contributed by atoms with Gasteiger partial charge in [0.15, 0.2) is 5.82 Å². The fourth-order valence-electron chi connectivity index (χ4n) is 3.32. The lowest BCUT2D eigenvalue weighted by atomic mass is 10.1. The first-order valence-electron chi connectivity index (χ1n) is 9.88. The Labute approximate surface area is 178 Å². The van der Waals surface area contributed by atoms with E-state index in [1.807, 2.05) is 30.3 Å². The van der Waals surface area contributed by atoms with Gasteiger partial charge in [0.05, 0.1) is 25.4 Å². The summed E-state index contributed by atoms with van der Waals surface area (Å²) < 4.78 is 7.22. The molecule has 0 radical (unpaired) electrons. The number of rotatable bonds is 5. The van der Waals surface area contributed by atoms with Gasteiger partial charge in [-0.1, -0.05) is 30.3 Å². The van der Waals surface area contributed by atoms with Gasteiger partial charge in [0.1, 0.15) is 30.2 Å². The van der Waals surface area contributed by atoms with E-state index in [0.717, 1.165) is 5.56 Å². The van der Waals surface area contributed by atoms with Gasteiger partial charge in [-0.25, -0.2) is 9.98 Å². The number of aliphatic hydroxyl groups excluding tert-OH is 3. The van der Waals surface area contributed by atoms with Gasteiger partial charge < -0.3 is 36.2 Å². The lowest BCUT2D eigenvalue weighted by Gasteiger charge is -2.14. The van der Waals surface area contributed by atoms with Gasteiger partial charge in [-0.2, -0.15) is 0 Å². The molecule has 168 valence electrons. The van der Waals surface area contributed by atoms with Crippen LogP contribution in [-0.2, 0) is 16.0 Å².